The average Bonchev–Trinajstić information content (AvgIpc) is 3.04. The number of nitrogens with zero attached hydrogens (tertiary/aromatic N) is 2. The average molecular weight is 419 g/mol. The summed E-state index contributed by atoms with van der Waals surface area (Å²) in [5.74, 6) is -0.918. The van der Waals surface area contributed by atoms with E-state index >= 15 is 0 Å². The van der Waals surface area contributed by atoms with Gasteiger partial charge in [-0.25, -0.2) is 13.2 Å². The summed E-state index contributed by atoms with van der Waals surface area (Å²) in [6, 6.07) is 8.39. The number of hydrogen-bond donors (Lipinski definition) is 0. The van der Waals surface area contributed by atoms with Crippen LogP contribution in [0.1, 0.15) is 42.7 Å². The molecule has 0 radical (unpaired) electrons. The number of carbonyl (C=O) groups is 2. The van der Waals surface area contributed by atoms with Crippen molar-refractivity contribution in [2.24, 2.45) is 0 Å². The van der Waals surface area contributed by atoms with Crippen LogP contribution in [-0.4, -0.2) is 60.4 Å². The highest BCUT2D eigenvalue weighted by Crippen LogP contribution is 2.22. The van der Waals surface area contributed by atoms with Crippen LogP contribution in [0.25, 0.3) is 10.9 Å². The SMILES string of the molecule is CC[C@H](C)N(C(=O)COC(=O)c1cc(C)nc2ccccc12)[C@@H]1CCS(=O)(=O)C1. The molecule has 1 amide bonds. The van der Waals surface area contributed by atoms with Gasteiger partial charge in [-0.3, -0.25) is 9.78 Å². The summed E-state index contributed by atoms with van der Waals surface area (Å²) in [4.78, 5) is 31.5. The van der Waals surface area contributed by atoms with Gasteiger partial charge in [-0.15, -0.1) is 0 Å². The molecular weight excluding hydrogens is 392 g/mol. The number of esters is 1. The number of sulfone groups is 1. The molecular formula is C21H26N2O5S. The lowest BCUT2D eigenvalue weighted by molar-refractivity contribution is -0.138. The summed E-state index contributed by atoms with van der Waals surface area (Å²) < 4.78 is 29.0. The number of benzene rings is 1. The monoisotopic (exact) mass is 418 g/mol. The molecule has 0 aliphatic carbocycles. The summed E-state index contributed by atoms with van der Waals surface area (Å²) in [5, 5.41) is 0.663. The molecule has 2 atom stereocenters. The number of ether oxygens (including phenoxy) is 1. The van der Waals surface area contributed by atoms with Crippen LogP contribution >= 0.6 is 0 Å². The van der Waals surface area contributed by atoms with Crippen molar-refractivity contribution in [2.45, 2.75) is 45.7 Å². The third kappa shape index (κ3) is 4.75. The van der Waals surface area contributed by atoms with E-state index in [2.05, 4.69) is 4.98 Å². The fourth-order valence-corrected chi connectivity index (χ4v) is 5.47. The van der Waals surface area contributed by atoms with Gasteiger partial charge in [0.1, 0.15) is 0 Å². The summed E-state index contributed by atoms with van der Waals surface area (Å²) >= 11 is 0. The molecule has 1 aromatic heterocycles. The largest absolute Gasteiger partial charge is 0.452 e. The van der Waals surface area contributed by atoms with Crippen molar-refractivity contribution in [2.75, 3.05) is 18.1 Å². The summed E-state index contributed by atoms with van der Waals surface area (Å²) in [7, 11) is -3.13. The maximum Gasteiger partial charge on any atom is 0.339 e. The zero-order valence-corrected chi connectivity index (χ0v) is 17.7. The van der Waals surface area contributed by atoms with Gasteiger partial charge in [0, 0.05) is 23.2 Å². The minimum absolute atomic E-state index is 0.0365. The van der Waals surface area contributed by atoms with Gasteiger partial charge in [0.15, 0.2) is 16.4 Å². The predicted molar refractivity (Wildman–Crippen MR) is 110 cm³/mol. The topological polar surface area (TPSA) is 93.6 Å². The molecule has 1 aliphatic rings. The summed E-state index contributed by atoms with van der Waals surface area (Å²) in [6.45, 7) is 5.19. The number of amides is 1. The molecule has 2 aromatic rings. The number of pyridine rings is 1. The Labute approximate surface area is 171 Å². The normalized spacial score (nSPS) is 19.1. The molecule has 0 N–H and O–H groups in total. The number of carbonyl (C=O) groups excluding carboxylic acids is 2. The zero-order valence-electron chi connectivity index (χ0n) is 16.9. The third-order valence-electron chi connectivity index (χ3n) is 5.35. The van der Waals surface area contributed by atoms with Gasteiger partial charge in [0.25, 0.3) is 5.91 Å². The Morgan fingerprint density at radius 1 is 1.31 bits per heavy atom. The van der Waals surface area contributed by atoms with E-state index in [1.807, 2.05) is 32.0 Å². The molecule has 29 heavy (non-hydrogen) atoms. The maximum atomic E-state index is 12.8. The Hall–Kier alpha value is -2.48. The van der Waals surface area contributed by atoms with Crippen LogP contribution in [-0.2, 0) is 19.4 Å². The van der Waals surface area contributed by atoms with Crippen molar-refractivity contribution >= 4 is 32.6 Å². The first kappa shape index (κ1) is 21.2. The standard InChI is InChI=1S/C21H26N2O5S/c1-4-15(3)23(16-9-10-29(26,27)13-16)20(24)12-28-21(25)18-11-14(2)22-19-8-6-5-7-17(18)19/h5-8,11,15-16H,4,9-10,12-13H2,1-3H3/t15-,16+/m0/s1. The Morgan fingerprint density at radius 3 is 2.69 bits per heavy atom. The first-order chi connectivity index (χ1) is 13.7. The van der Waals surface area contributed by atoms with Gasteiger partial charge in [-0.2, -0.15) is 0 Å². The molecule has 0 unspecified atom stereocenters. The quantitative estimate of drug-likeness (QED) is 0.669. The predicted octanol–water partition coefficient (Wildman–Crippen LogP) is 2.51. The van der Waals surface area contributed by atoms with Gasteiger partial charge in [0.2, 0.25) is 0 Å². The fraction of sp³-hybridized carbons (Fsp3) is 0.476. The second-order valence-corrected chi connectivity index (χ2v) is 9.75. The van der Waals surface area contributed by atoms with Crippen LogP contribution in [0, 0.1) is 6.92 Å². The van der Waals surface area contributed by atoms with E-state index in [-0.39, 0.29) is 29.5 Å². The van der Waals surface area contributed by atoms with Crippen LogP contribution < -0.4 is 0 Å². The smallest absolute Gasteiger partial charge is 0.339 e. The van der Waals surface area contributed by atoms with Gasteiger partial charge < -0.3 is 9.64 Å². The molecule has 1 aliphatic heterocycles. The lowest BCUT2D eigenvalue weighted by Gasteiger charge is -2.33. The van der Waals surface area contributed by atoms with E-state index in [1.165, 1.54) is 0 Å². The molecule has 0 saturated carbocycles. The lowest BCUT2D eigenvalue weighted by atomic mass is 10.1. The second kappa shape index (κ2) is 8.49. The lowest BCUT2D eigenvalue weighted by Crippen LogP contribution is -2.48. The number of para-hydroxylation sites is 1. The molecule has 3 rings (SSSR count). The summed E-state index contributed by atoms with van der Waals surface area (Å²) in [5.41, 5.74) is 1.72. The van der Waals surface area contributed by atoms with Crippen molar-refractivity contribution < 1.29 is 22.7 Å². The Kier molecular flexibility index (Phi) is 6.21. The Morgan fingerprint density at radius 2 is 2.03 bits per heavy atom. The van der Waals surface area contributed by atoms with Crippen molar-refractivity contribution in [3.05, 3.63) is 41.6 Å². The molecule has 7 nitrogen and oxygen atoms in total. The highest BCUT2D eigenvalue weighted by Gasteiger charge is 2.36. The minimum atomic E-state index is -3.13. The zero-order chi connectivity index (χ0) is 21.2. The highest BCUT2D eigenvalue weighted by atomic mass is 32.2. The molecule has 1 fully saturated rings. The van der Waals surface area contributed by atoms with Gasteiger partial charge in [-0.05, 0) is 38.8 Å². The van der Waals surface area contributed by atoms with Crippen LogP contribution in [0.2, 0.25) is 0 Å². The number of aryl methyl sites for hydroxylation is 1. The number of aromatic nitrogens is 1. The molecule has 1 saturated heterocycles. The van der Waals surface area contributed by atoms with Crippen molar-refractivity contribution in [1.82, 2.24) is 9.88 Å². The van der Waals surface area contributed by atoms with Crippen molar-refractivity contribution in [3.8, 4) is 0 Å². The van der Waals surface area contributed by atoms with E-state index in [9.17, 15) is 18.0 Å². The molecule has 156 valence electrons. The summed E-state index contributed by atoms with van der Waals surface area (Å²) in [6.07, 6.45) is 1.10. The number of fused-ring (bicyclic) bond motifs is 1. The van der Waals surface area contributed by atoms with Crippen LogP contribution in [0.5, 0.6) is 0 Å². The van der Waals surface area contributed by atoms with E-state index in [0.717, 1.165) is 0 Å². The molecule has 8 heteroatoms. The van der Waals surface area contributed by atoms with Gasteiger partial charge in [-0.1, -0.05) is 25.1 Å². The molecule has 2 heterocycles. The first-order valence-electron chi connectivity index (χ1n) is 9.77. The van der Waals surface area contributed by atoms with Gasteiger partial charge in [0.05, 0.1) is 22.6 Å². The third-order valence-corrected chi connectivity index (χ3v) is 7.10. The minimum Gasteiger partial charge on any atom is -0.452 e. The second-order valence-electron chi connectivity index (χ2n) is 7.52. The van der Waals surface area contributed by atoms with E-state index in [0.29, 0.717) is 35.0 Å². The molecule has 1 aromatic carbocycles. The highest BCUT2D eigenvalue weighted by molar-refractivity contribution is 7.91. The van der Waals surface area contributed by atoms with E-state index in [1.54, 1.807) is 24.0 Å². The number of rotatable bonds is 6. The van der Waals surface area contributed by atoms with Crippen LogP contribution in [0.4, 0.5) is 0 Å². The van der Waals surface area contributed by atoms with Crippen molar-refractivity contribution in [3.63, 3.8) is 0 Å². The first-order valence-corrected chi connectivity index (χ1v) is 11.6. The fourth-order valence-electron chi connectivity index (χ4n) is 3.76. The van der Waals surface area contributed by atoms with Gasteiger partial charge >= 0.3 is 5.97 Å². The molecule has 0 bridgehead atoms. The van der Waals surface area contributed by atoms with Crippen molar-refractivity contribution in [1.29, 1.82) is 0 Å². The number of hydrogen-bond acceptors (Lipinski definition) is 6. The molecule has 0 spiro atoms. The Bertz CT molecular complexity index is 1030. The van der Waals surface area contributed by atoms with E-state index < -0.39 is 22.4 Å². The maximum absolute atomic E-state index is 12.8. The van der Waals surface area contributed by atoms with Crippen LogP contribution in [0.15, 0.2) is 30.3 Å². The van der Waals surface area contributed by atoms with Crippen LogP contribution in [0.3, 0.4) is 0 Å². The van der Waals surface area contributed by atoms with E-state index in [4.69, 9.17) is 4.74 Å². The Balaban J connectivity index is 1.76.